The lowest BCUT2D eigenvalue weighted by Crippen LogP contribution is -2.39. The first-order valence-corrected chi connectivity index (χ1v) is 5.40. The van der Waals surface area contributed by atoms with Crippen LogP contribution in [0.5, 0.6) is 0 Å². The van der Waals surface area contributed by atoms with Crippen molar-refractivity contribution in [2.75, 3.05) is 13.2 Å². The standard InChI is InChI=1S/C12H13NO2/c1-12-6-14-10-8-4-2-3-5-9(8)11(13(10)12)15-7-12/h2-5,10-11H,6-7H2,1H3. The Kier molecular flexibility index (Phi) is 1.34. The van der Waals surface area contributed by atoms with Crippen LogP contribution in [0, 0.1) is 0 Å². The predicted octanol–water partition coefficient (Wildman–Crippen LogP) is 1.82. The zero-order valence-corrected chi connectivity index (χ0v) is 8.64. The van der Waals surface area contributed by atoms with Crippen molar-refractivity contribution in [2.45, 2.75) is 24.9 Å². The van der Waals surface area contributed by atoms with Crippen LogP contribution in [-0.2, 0) is 9.47 Å². The van der Waals surface area contributed by atoms with E-state index in [-0.39, 0.29) is 18.0 Å². The molecule has 0 aromatic heterocycles. The van der Waals surface area contributed by atoms with E-state index in [0.29, 0.717) is 0 Å². The molecule has 2 fully saturated rings. The highest BCUT2D eigenvalue weighted by Crippen LogP contribution is 2.55. The van der Waals surface area contributed by atoms with Gasteiger partial charge in [0, 0.05) is 11.1 Å². The van der Waals surface area contributed by atoms with E-state index in [4.69, 9.17) is 9.47 Å². The Hall–Kier alpha value is -0.900. The van der Waals surface area contributed by atoms with Crippen LogP contribution in [0.25, 0.3) is 0 Å². The molecule has 3 aliphatic heterocycles. The first-order valence-electron chi connectivity index (χ1n) is 5.40. The van der Waals surface area contributed by atoms with Crippen molar-refractivity contribution >= 4 is 0 Å². The van der Waals surface area contributed by atoms with Crippen LogP contribution in [0.2, 0.25) is 0 Å². The predicted molar refractivity (Wildman–Crippen MR) is 54.1 cm³/mol. The van der Waals surface area contributed by atoms with Crippen LogP contribution in [0.4, 0.5) is 0 Å². The van der Waals surface area contributed by atoms with Gasteiger partial charge in [-0.2, -0.15) is 0 Å². The number of ether oxygens (including phenoxy) is 2. The number of hydrogen-bond donors (Lipinski definition) is 0. The second kappa shape index (κ2) is 2.43. The van der Waals surface area contributed by atoms with Crippen molar-refractivity contribution in [3.8, 4) is 0 Å². The average molecular weight is 203 g/mol. The summed E-state index contributed by atoms with van der Waals surface area (Å²) in [6, 6.07) is 8.43. The molecule has 0 amide bonds. The number of hydrogen-bond acceptors (Lipinski definition) is 3. The number of rotatable bonds is 0. The summed E-state index contributed by atoms with van der Waals surface area (Å²) in [7, 11) is 0. The van der Waals surface area contributed by atoms with Gasteiger partial charge in [-0.1, -0.05) is 24.3 Å². The van der Waals surface area contributed by atoms with E-state index in [9.17, 15) is 0 Å². The summed E-state index contributed by atoms with van der Waals surface area (Å²) in [5.41, 5.74) is 2.64. The molecule has 3 aliphatic rings. The van der Waals surface area contributed by atoms with E-state index in [2.05, 4.69) is 36.1 Å². The fourth-order valence-corrected chi connectivity index (χ4v) is 3.00. The molecule has 0 bridgehead atoms. The van der Waals surface area contributed by atoms with Crippen molar-refractivity contribution in [2.24, 2.45) is 0 Å². The third-order valence-corrected chi connectivity index (χ3v) is 3.76. The van der Waals surface area contributed by atoms with E-state index in [0.717, 1.165) is 13.2 Å². The largest absolute Gasteiger partial charge is 0.357 e. The first-order chi connectivity index (χ1) is 7.30. The maximum Gasteiger partial charge on any atom is 0.140 e. The summed E-state index contributed by atoms with van der Waals surface area (Å²) in [4.78, 5) is 2.37. The molecule has 3 nitrogen and oxygen atoms in total. The Balaban J connectivity index is 1.93. The highest BCUT2D eigenvalue weighted by Gasteiger charge is 2.58. The molecule has 0 aliphatic carbocycles. The molecule has 2 atom stereocenters. The second-order valence-electron chi connectivity index (χ2n) is 4.86. The Morgan fingerprint density at radius 3 is 2.20 bits per heavy atom. The highest BCUT2D eigenvalue weighted by molar-refractivity contribution is 5.37. The molecule has 15 heavy (non-hydrogen) atoms. The minimum Gasteiger partial charge on any atom is -0.357 e. The maximum atomic E-state index is 5.89. The van der Waals surface area contributed by atoms with Gasteiger partial charge in [0.1, 0.15) is 12.5 Å². The third-order valence-electron chi connectivity index (χ3n) is 3.76. The van der Waals surface area contributed by atoms with Crippen LogP contribution in [0.1, 0.15) is 30.5 Å². The molecule has 2 unspecified atom stereocenters. The van der Waals surface area contributed by atoms with Gasteiger partial charge in [-0.15, -0.1) is 0 Å². The van der Waals surface area contributed by atoms with Crippen LogP contribution < -0.4 is 0 Å². The molecular weight excluding hydrogens is 190 g/mol. The third kappa shape index (κ3) is 0.830. The van der Waals surface area contributed by atoms with Crippen molar-refractivity contribution in [3.05, 3.63) is 35.4 Å². The highest BCUT2D eigenvalue weighted by atomic mass is 16.6. The Bertz CT molecular complexity index is 396. The Labute approximate surface area is 88.6 Å². The van der Waals surface area contributed by atoms with Gasteiger partial charge in [0.15, 0.2) is 0 Å². The number of benzene rings is 1. The van der Waals surface area contributed by atoms with Gasteiger partial charge in [-0.3, -0.25) is 0 Å². The maximum absolute atomic E-state index is 5.89. The lowest BCUT2D eigenvalue weighted by molar-refractivity contribution is -0.0382. The van der Waals surface area contributed by atoms with Crippen LogP contribution in [-0.4, -0.2) is 23.7 Å². The average Bonchev–Trinajstić information content (AvgIpc) is 2.84. The molecule has 0 spiro atoms. The van der Waals surface area contributed by atoms with Gasteiger partial charge in [-0.25, -0.2) is 4.90 Å². The van der Waals surface area contributed by atoms with E-state index in [1.54, 1.807) is 0 Å². The SMILES string of the molecule is CC12COC3c4ccccc4C(OC1)N32. The fraction of sp³-hybridized carbons (Fsp3) is 0.500. The van der Waals surface area contributed by atoms with E-state index in [1.807, 2.05) is 0 Å². The van der Waals surface area contributed by atoms with E-state index >= 15 is 0 Å². The van der Waals surface area contributed by atoms with E-state index < -0.39 is 0 Å². The molecule has 4 rings (SSSR count). The van der Waals surface area contributed by atoms with Gasteiger partial charge < -0.3 is 9.47 Å². The lowest BCUT2D eigenvalue weighted by Gasteiger charge is -2.24. The zero-order valence-electron chi connectivity index (χ0n) is 8.64. The fourth-order valence-electron chi connectivity index (χ4n) is 3.00. The number of nitrogens with zero attached hydrogens (tertiary/aromatic N) is 1. The quantitative estimate of drug-likeness (QED) is 0.642. The molecule has 1 aromatic carbocycles. The van der Waals surface area contributed by atoms with Gasteiger partial charge in [0.25, 0.3) is 0 Å². The zero-order chi connectivity index (χ0) is 10.0. The summed E-state index contributed by atoms with van der Waals surface area (Å²) in [6.07, 6.45) is 0.248. The molecule has 78 valence electrons. The summed E-state index contributed by atoms with van der Waals surface area (Å²) in [6.45, 7) is 3.78. The smallest absolute Gasteiger partial charge is 0.140 e. The van der Waals surface area contributed by atoms with Crippen LogP contribution in [0.3, 0.4) is 0 Å². The molecule has 1 aromatic rings. The van der Waals surface area contributed by atoms with Gasteiger partial charge in [-0.05, 0) is 6.92 Å². The Morgan fingerprint density at radius 2 is 1.67 bits per heavy atom. The summed E-state index contributed by atoms with van der Waals surface area (Å²) in [5, 5.41) is 0. The molecule has 3 heterocycles. The van der Waals surface area contributed by atoms with E-state index in [1.165, 1.54) is 11.1 Å². The first kappa shape index (κ1) is 8.28. The topological polar surface area (TPSA) is 21.7 Å². The van der Waals surface area contributed by atoms with Crippen molar-refractivity contribution in [1.29, 1.82) is 0 Å². The summed E-state index contributed by atoms with van der Waals surface area (Å²) in [5.74, 6) is 0. The summed E-state index contributed by atoms with van der Waals surface area (Å²) >= 11 is 0. The normalized spacial score (nSPS) is 41.9. The van der Waals surface area contributed by atoms with Gasteiger partial charge in [0.05, 0.1) is 18.8 Å². The van der Waals surface area contributed by atoms with Crippen LogP contribution >= 0.6 is 0 Å². The summed E-state index contributed by atoms with van der Waals surface area (Å²) < 4.78 is 11.8. The lowest BCUT2D eigenvalue weighted by atomic mass is 10.1. The molecule has 0 saturated carbocycles. The molecule has 0 radical (unpaired) electrons. The van der Waals surface area contributed by atoms with Crippen LogP contribution in [0.15, 0.2) is 24.3 Å². The van der Waals surface area contributed by atoms with Crippen molar-refractivity contribution in [1.82, 2.24) is 4.90 Å². The molecule has 0 N–H and O–H groups in total. The number of fused-ring (bicyclic) bond motifs is 3. The molecular formula is C12H13NO2. The monoisotopic (exact) mass is 203 g/mol. The molecule has 2 saturated heterocycles. The minimum absolute atomic E-state index is 0.0777. The second-order valence-corrected chi connectivity index (χ2v) is 4.86. The van der Waals surface area contributed by atoms with Crippen molar-refractivity contribution in [3.63, 3.8) is 0 Å². The minimum atomic E-state index is 0.0777. The molecule has 3 heteroatoms. The van der Waals surface area contributed by atoms with Gasteiger partial charge in [0.2, 0.25) is 0 Å². The van der Waals surface area contributed by atoms with Gasteiger partial charge >= 0.3 is 0 Å². The van der Waals surface area contributed by atoms with Crippen molar-refractivity contribution < 1.29 is 9.47 Å². The Morgan fingerprint density at radius 1 is 1.13 bits per heavy atom.